The molecule has 1 aromatic rings. The fraction of sp³-hybridized carbons (Fsp3) is 0.333. The van der Waals surface area contributed by atoms with E-state index in [1.165, 1.54) is 0 Å². The van der Waals surface area contributed by atoms with Gasteiger partial charge in [-0.25, -0.2) is 0 Å². The Morgan fingerprint density at radius 1 is 1.54 bits per heavy atom. The second kappa shape index (κ2) is 5.29. The van der Waals surface area contributed by atoms with Gasteiger partial charge in [-0.15, -0.1) is 0 Å². The molecule has 0 aromatic heterocycles. The molecule has 0 atom stereocenters. The Morgan fingerprint density at radius 2 is 2.31 bits per heavy atom. The molecule has 72 valence electrons. The number of aliphatic hydroxyl groups excluding tert-OH is 1. The van der Waals surface area contributed by atoms with E-state index in [9.17, 15) is 0 Å². The molecule has 2 N–H and O–H groups in total. The van der Waals surface area contributed by atoms with Crippen molar-refractivity contribution in [3.05, 3.63) is 21.8 Å². The Bertz CT molecular complexity index is 278. The zero-order chi connectivity index (χ0) is 9.68. The molecule has 0 aliphatic rings. The van der Waals surface area contributed by atoms with Crippen LogP contribution in [0.4, 0.5) is 5.69 Å². The average Bonchev–Trinajstić information content (AvgIpc) is 2.15. The largest absolute Gasteiger partial charge is 0.496 e. The van der Waals surface area contributed by atoms with E-state index >= 15 is 0 Å². The maximum absolute atomic E-state index is 8.61. The van der Waals surface area contributed by atoms with Crippen LogP contribution in [0.15, 0.2) is 18.2 Å². The number of hydrogen-bond donors (Lipinski definition) is 2. The van der Waals surface area contributed by atoms with Crippen molar-refractivity contribution in [2.75, 3.05) is 25.6 Å². The minimum atomic E-state index is 0.141. The first-order chi connectivity index (χ1) is 6.27. The third-order valence-electron chi connectivity index (χ3n) is 1.59. The molecule has 0 bridgehead atoms. The van der Waals surface area contributed by atoms with Crippen LogP contribution in [0.1, 0.15) is 0 Å². The van der Waals surface area contributed by atoms with Gasteiger partial charge < -0.3 is 15.2 Å². The van der Waals surface area contributed by atoms with Gasteiger partial charge in [-0.1, -0.05) is 0 Å². The van der Waals surface area contributed by atoms with Crippen molar-refractivity contribution >= 4 is 28.3 Å². The van der Waals surface area contributed by atoms with Gasteiger partial charge in [0.2, 0.25) is 0 Å². The van der Waals surface area contributed by atoms with Crippen molar-refractivity contribution in [3.63, 3.8) is 0 Å². The van der Waals surface area contributed by atoms with Gasteiger partial charge in [0.25, 0.3) is 0 Å². The molecule has 0 spiro atoms. The summed E-state index contributed by atoms with van der Waals surface area (Å²) < 4.78 is 6.18. The summed E-state index contributed by atoms with van der Waals surface area (Å²) in [7, 11) is 1.65. The lowest BCUT2D eigenvalue weighted by molar-refractivity contribution is 0.311. The van der Waals surface area contributed by atoms with Gasteiger partial charge in [-0.05, 0) is 40.8 Å². The lowest BCUT2D eigenvalue weighted by Crippen LogP contribution is -2.05. The number of methoxy groups -OCH3 is 1. The minimum Gasteiger partial charge on any atom is -0.496 e. The van der Waals surface area contributed by atoms with E-state index in [1.54, 1.807) is 7.11 Å². The number of halogens is 1. The highest BCUT2D eigenvalue weighted by atomic mass is 127. The Kier molecular flexibility index (Phi) is 4.31. The summed E-state index contributed by atoms with van der Waals surface area (Å²) in [6, 6.07) is 5.81. The lowest BCUT2D eigenvalue weighted by Gasteiger charge is -2.07. The van der Waals surface area contributed by atoms with E-state index in [4.69, 9.17) is 9.84 Å². The van der Waals surface area contributed by atoms with Gasteiger partial charge in [-0.2, -0.15) is 0 Å². The highest BCUT2D eigenvalue weighted by Crippen LogP contribution is 2.23. The zero-order valence-electron chi connectivity index (χ0n) is 7.38. The Hall–Kier alpha value is -0.490. The number of aliphatic hydroxyl groups is 1. The quantitative estimate of drug-likeness (QED) is 0.830. The maximum atomic E-state index is 8.61. The first-order valence-electron chi connectivity index (χ1n) is 3.96. The van der Waals surface area contributed by atoms with E-state index in [0.29, 0.717) is 6.54 Å². The van der Waals surface area contributed by atoms with Crippen LogP contribution in [0.25, 0.3) is 0 Å². The van der Waals surface area contributed by atoms with E-state index in [0.717, 1.165) is 15.0 Å². The van der Waals surface area contributed by atoms with Gasteiger partial charge >= 0.3 is 0 Å². The van der Waals surface area contributed by atoms with Crippen LogP contribution < -0.4 is 10.1 Å². The number of benzene rings is 1. The SMILES string of the molecule is COc1ccc(NCCO)cc1I. The highest BCUT2D eigenvalue weighted by Gasteiger charge is 1.99. The third kappa shape index (κ3) is 3.04. The number of rotatable bonds is 4. The van der Waals surface area contributed by atoms with Gasteiger partial charge in [0.15, 0.2) is 0 Å². The zero-order valence-corrected chi connectivity index (χ0v) is 9.54. The molecular formula is C9H12INO2. The topological polar surface area (TPSA) is 41.5 Å². The smallest absolute Gasteiger partial charge is 0.132 e. The molecule has 1 rings (SSSR count). The third-order valence-corrected chi connectivity index (χ3v) is 2.44. The van der Waals surface area contributed by atoms with Gasteiger partial charge in [0, 0.05) is 12.2 Å². The van der Waals surface area contributed by atoms with E-state index in [-0.39, 0.29) is 6.61 Å². The second-order valence-electron chi connectivity index (χ2n) is 2.50. The number of ether oxygens (including phenoxy) is 1. The number of anilines is 1. The molecule has 0 saturated heterocycles. The fourth-order valence-electron chi connectivity index (χ4n) is 0.977. The molecule has 0 fully saturated rings. The molecular weight excluding hydrogens is 281 g/mol. The number of nitrogens with one attached hydrogen (secondary N) is 1. The van der Waals surface area contributed by atoms with Gasteiger partial charge in [0.05, 0.1) is 17.3 Å². The van der Waals surface area contributed by atoms with Crippen LogP contribution >= 0.6 is 22.6 Å². The maximum Gasteiger partial charge on any atom is 0.132 e. The molecule has 0 saturated carbocycles. The highest BCUT2D eigenvalue weighted by molar-refractivity contribution is 14.1. The van der Waals surface area contributed by atoms with Gasteiger partial charge in [-0.3, -0.25) is 0 Å². The van der Waals surface area contributed by atoms with Crippen LogP contribution in [0.2, 0.25) is 0 Å². The van der Waals surface area contributed by atoms with Crippen molar-refractivity contribution < 1.29 is 9.84 Å². The minimum absolute atomic E-state index is 0.141. The molecule has 4 heteroatoms. The molecule has 0 radical (unpaired) electrons. The molecule has 3 nitrogen and oxygen atoms in total. The van der Waals surface area contributed by atoms with Crippen LogP contribution in [-0.2, 0) is 0 Å². The van der Waals surface area contributed by atoms with Crippen molar-refractivity contribution in [2.24, 2.45) is 0 Å². The van der Waals surface area contributed by atoms with Crippen LogP contribution in [0.5, 0.6) is 5.75 Å². The molecule has 0 unspecified atom stereocenters. The van der Waals surface area contributed by atoms with Crippen molar-refractivity contribution in [1.82, 2.24) is 0 Å². The van der Waals surface area contributed by atoms with Crippen LogP contribution in [-0.4, -0.2) is 25.4 Å². The van der Waals surface area contributed by atoms with Crippen molar-refractivity contribution in [1.29, 1.82) is 0 Å². The number of hydrogen-bond acceptors (Lipinski definition) is 3. The predicted molar refractivity (Wildman–Crippen MR) is 61.3 cm³/mol. The second-order valence-corrected chi connectivity index (χ2v) is 3.66. The molecule has 0 heterocycles. The van der Waals surface area contributed by atoms with Crippen molar-refractivity contribution in [2.45, 2.75) is 0 Å². The van der Waals surface area contributed by atoms with E-state index in [1.807, 2.05) is 18.2 Å². The van der Waals surface area contributed by atoms with Crippen LogP contribution in [0, 0.1) is 3.57 Å². The first kappa shape index (κ1) is 10.6. The molecule has 13 heavy (non-hydrogen) atoms. The summed E-state index contributed by atoms with van der Waals surface area (Å²) in [5, 5.41) is 11.7. The average molecular weight is 293 g/mol. The van der Waals surface area contributed by atoms with Crippen LogP contribution in [0.3, 0.4) is 0 Å². The first-order valence-corrected chi connectivity index (χ1v) is 5.04. The Morgan fingerprint density at radius 3 is 2.85 bits per heavy atom. The lowest BCUT2D eigenvalue weighted by atomic mass is 10.3. The summed E-state index contributed by atoms with van der Waals surface area (Å²) in [4.78, 5) is 0. The van der Waals surface area contributed by atoms with Crippen molar-refractivity contribution in [3.8, 4) is 5.75 Å². The summed E-state index contributed by atoms with van der Waals surface area (Å²) in [6.07, 6.45) is 0. The summed E-state index contributed by atoms with van der Waals surface area (Å²) >= 11 is 2.21. The van der Waals surface area contributed by atoms with Gasteiger partial charge in [0.1, 0.15) is 5.75 Å². The van der Waals surface area contributed by atoms with E-state index < -0.39 is 0 Å². The molecule has 0 aliphatic carbocycles. The fourth-order valence-corrected chi connectivity index (χ4v) is 1.71. The summed E-state index contributed by atoms with van der Waals surface area (Å²) in [5.41, 5.74) is 0.999. The predicted octanol–water partition coefficient (Wildman–Crippen LogP) is 1.70. The standard InChI is InChI=1S/C9H12INO2/c1-13-9-3-2-7(6-8(9)10)11-4-5-12/h2-3,6,11-12H,4-5H2,1H3. The molecule has 0 amide bonds. The Labute approximate surface area is 91.2 Å². The normalized spacial score (nSPS) is 9.77. The molecule has 0 aliphatic heterocycles. The van der Waals surface area contributed by atoms with E-state index in [2.05, 4.69) is 27.9 Å². The summed E-state index contributed by atoms with van der Waals surface area (Å²) in [6.45, 7) is 0.713. The summed E-state index contributed by atoms with van der Waals surface area (Å²) in [5.74, 6) is 0.871. The monoisotopic (exact) mass is 293 g/mol. The Balaban J connectivity index is 2.71. The molecule has 1 aromatic carbocycles.